The van der Waals surface area contributed by atoms with Crippen LogP contribution in [-0.2, 0) is 4.79 Å². The van der Waals surface area contributed by atoms with Gasteiger partial charge in [-0.15, -0.1) is 5.10 Å². The van der Waals surface area contributed by atoms with E-state index in [2.05, 4.69) is 10.3 Å². The molecule has 0 saturated carbocycles. The third-order valence-corrected chi connectivity index (χ3v) is 6.27. The Balaban J connectivity index is 2.05. The van der Waals surface area contributed by atoms with Gasteiger partial charge in [-0.05, 0) is 36.6 Å². The summed E-state index contributed by atoms with van der Waals surface area (Å²) < 4.78 is 24.4. The normalized spacial score (nSPS) is 11.6. The van der Waals surface area contributed by atoms with Crippen LogP contribution in [-0.4, -0.2) is 67.4 Å². The van der Waals surface area contributed by atoms with Crippen LogP contribution >= 0.6 is 23.5 Å². The van der Waals surface area contributed by atoms with Crippen LogP contribution in [0.3, 0.4) is 0 Å². The van der Waals surface area contributed by atoms with Crippen LogP contribution in [0.15, 0.2) is 36.5 Å². The summed E-state index contributed by atoms with van der Waals surface area (Å²) in [5, 5.41) is 8.31. The van der Waals surface area contributed by atoms with Crippen molar-refractivity contribution in [3.05, 3.63) is 36.5 Å². The first-order valence-electron chi connectivity index (χ1n) is 10.5. The van der Waals surface area contributed by atoms with Crippen LogP contribution in [0.2, 0.25) is 0 Å². The molecule has 0 saturated heterocycles. The average molecular weight is 522 g/mol. The van der Waals surface area contributed by atoms with Gasteiger partial charge in [0, 0.05) is 29.5 Å². The Morgan fingerprint density at radius 3 is 2.31 bits per heavy atom. The number of nitrogens with two attached hydrogens (primary N) is 1. The highest BCUT2D eigenvalue weighted by Gasteiger charge is 2.25. The molecule has 12 heteroatoms. The summed E-state index contributed by atoms with van der Waals surface area (Å²) in [4.78, 5) is 12.8. The number of nitrogens with zero attached hydrogens (tertiary/aromatic N) is 4. The van der Waals surface area contributed by atoms with Gasteiger partial charge in [0.25, 0.3) is 5.91 Å². The summed E-state index contributed by atoms with van der Waals surface area (Å²) >= 11 is 8.06. The number of hydrogen-bond donors (Lipinski definition) is 1. The Labute approximate surface area is 213 Å². The minimum absolute atomic E-state index is 0.355. The molecule has 0 aliphatic heterocycles. The summed E-state index contributed by atoms with van der Waals surface area (Å²) in [6.45, 7) is 0. The number of benzene rings is 2. The molecule has 0 bridgehead atoms. The largest absolute Gasteiger partial charge is 0.495 e. The molecule has 10 nitrogen and oxygen atoms in total. The molecule has 3 aromatic rings. The van der Waals surface area contributed by atoms with E-state index in [1.54, 1.807) is 46.9 Å². The quantitative estimate of drug-likeness (QED) is 0.378. The summed E-state index contributed by atoms with van der Waals surface area (Å²) in [5.41, 5.74) is 8.36. The molecule has 2 aromatic carbocycles. The van der Waals surface area contributed by atoms with Crippen molar-refractivity contribution in [2.24, 2.45) is 5.73 Å². The zero-order valence-electron chi connectivity index (χ0n) is 20.1. The Morgan fingerprint density at radius 2 is 1.74 bits per heavy atom. The molecule has 1 heterocycles. The number of carbonyl (C=O) groups excluding carboxylic acids is 1. The van der Waals surface area contributed by atoms with Gasteiger partial charge in [0.15, 0.2) is 11.5 Å². The number of anilines is 1. The smallest absolute Gasteiger partial charge is 0.258 e. The number of thioether (sulfide) groups is 1. The fourth-order valence-electron chi connectivity index (χ4n) is 3.45. The van der Waals surface area contributed by atoms with E-state index >= 15 is 0 Å². The number of ether oxygens (including phenoxy) is 4. The van der Waals surface area contributed by atoms with Gasteiger partial charge in [-0.25, -0.2) is 9.10 Å². The van der Waals surface area contributed by atoms with Crippen molar-refractivity contribution in [3.8, 4) is 39.9 Å². The second-order valence-corrected chi connectivity index (χ2v) is 8.63. The number of amides is 1. The van der Waals surface area contributed by atoms with Crippen molar-refractivity contribution in [3.63, 3.8) is 0 Å². The molecular weight excluding hydrogens is 494 g/mol. The van der Waals surface area contributed by atoms with Crippen LogP contribution in [0.25, 0.3) is 16.9 Å². The molecule has 0 radical (unpaired) electrons. The number of methoxy groups -OCH3 is 4. The topological polar surface area (TPSA) is 114 Å². The van der Waals surface area contributed by atoms with E-state index in [4.69, 9.17) is 36.5 Å². The predicted octanol–water partition coefficient (Wildman–Crippen LogP) is 3.54. The molecule has 0 aliphatic carbocycles. The first-order valence-corrected chi connectivity index (χ1v) is 12.3. The summed E-state index contributed by atoms with van der Waals surface area (Å²) in [6, 6.07) is 8.03. The lowest BCUT2D eigenvalue weighted by molar-refractivity contribution is -0.118. The zero-order chi connectivity index (χ0) is 25.5. The predicted molar refractivity (Wildman–Crippen MR) is 137 cm³/mol. The molecule has 1 unspecified atom stereocenters. The first-order chi connectivity index (χ1) is 16.9. The summed E-state index contributed by atoms with van der Waals surface area (Å²) in [7, 11) is 6.11. The van der Waals surface area contributed by atoms with E-state index < -0.39 is 11.9 Å². The Hall–Kier alpha value is -3.15. The second kappa shape index (κ2) is 12.0. The number of aromatic nitrogens is 3. The Morgan fingerprint density at radius 1 is 1.09 bits per heavy atom. The highest BCUT2D eigenvalue weighted by atomic mass is 35.5. The molecule has 35 heavy (non-hydrogen) atoms. The highest BCUT2D eigenvalue weighted by Crippen LogP contribution is 2.40. The molecule has 2 N–H and O–H groups in total. The number of halogens is 1. The van der Waals surface area contributed by atoms with E-state index in [0.29, 0.717) is 52.1 Å². The molecule has 3 rings (SSSR count). The number of rotatable bonds is 11. The van der Waals surface area contributed by atoms with Crippen molar-refractivity contribution in [1.82, 2.24) is 15.0 Å². The monoisotopic (exact) mass is 521 g/mol. The van der Waals surface area contributed by atoms with Gasteiger partial charge in [0.1, 0.15) is 11.4 Å². The maximum absolute atomic E-state index is 12.8. The molecule has 1 atom stereocenters. The zero-order valence-corrected chi connectivity index (χ0v) is 21.7. The minimum Gasteiger partial charge on any atom is -0.495 e. The molecule has 1 aromatic heterocycles. The van der Waals surface area contributed by atoms with Crippen LogP contribution in [0.1, 0.15) is 6.42 Å². The van der Waals surface area contributed by atoms with Crippen molar-refractivity contribution in [2.45, 2.75) is 12.5 Å². The minimum atomic E-state index is -0.736. The number of hydrogen-bond acceptors (Lipinski definition) is 9. The molecular formula is C23H28ClN5O5S. The second-order valence-electron chi connectivity index (χ2n) is 7.31. The first kappa shape index (κ1) is 26.5. The van der Waals surface area contributed by atoms with Crippen LogP contribution in [0, 0.1) is 0 Å². The average Bonchev–Trinajstić information content (AvgIpc) is 3.39. The van der Waals surface area contributed by atoms with Crippen molar-refractivity contribution < 1.29 is 23.7 Å². The lowest BCUT2D eigenvalue weighted by Gasteiger charge is -2.21. The maximum Gasteiger partial charge on any atom is 0.258 e. The van der Waals surface area contributed by atoms with Gasteiger partial charge in [0.05, 0.1) is 52.1 Å². The standard InChI is InChI=1S/C23H28ClN5O5S/c1-31-19-7-6-14(10-17(19)28(24)23(30)16(25)8-9-35-5)18-13-26-27-29(18)15-11-20(32-2)22(34-4)21(12-15)33-3/h6-7,10-13,16H,8-9,25H2,1-5H3. The molecule has 0 spiro atoms. The summed E-state index contributed by atoms with van der Waals surface area (Å²) in [6.07, 6.45) is 4.05. The van der Waals surface area contributed by atoms with Crippen LogP contribution in [0.4, 0.5) is 5.69 Å². The Bertz CT molecular complexity index is 1150. The molecule has 1 amide bonds. The van der Waals surface area contributed by atoms with Gasteiger partial charge in [-0.2, -0.15) is 11.8 Å². The summed E-state index contributed by atoms with van der Waals surface area (Å²) in [5.74, 6) is 2.13. The van der Waals surface area contributed by atoms with Crippen molar-refractivity contribution in [1.29, 1.82) is 0 Å². The van der Waals surface area contributed by atoms with Crippen molar-refractivity contribution >= 4 is 35.1 Å². The third-order valence-electron chi connectivity index (χ3n) is 5.27. The lowest BCUT2D eigenvalue weighted by Crippen LogP contribution is -2.39. The van der Waals surface area contributed by atoms with E-state index in [1.807, 2.05) is 12.3 Å². The molecule has 0 aliphatic rings. The maximum atomic E-state index is 12.8. The SMILES string of the molecule is COc1ccc(-c2cnnn2-c2cc(OC)c(OC)c(OC)c2)cc1N(Cl)C(=O)C(N)CCSC. The van der Waals surface area contributed by atoms with E-state index in [-0.39, 0.29) is 0 Å². The van der Waals surface area contributed by atoms with Gasteiger partial charge in [-0.3, -0.25) is 4.79 Å². The highest BCUT2D eigenvalue weighted by molar-refractivity contribution is 7.98. The van der Waals surface area contributed by atoms with E-state index in [1.165, 1.54) is 28.4 Å². The fourth-order valence-corrected chi connectivity index (χ4v) is 4.19. The van der Waals surface area contributed by atoms with E-state index in [9.17, 15) is 4.79 Å². The molecule has 188 valence electrons. The van der Waals surface area contributed by atoms with Gasteiger partial charge in [0.2, 0.25) is 5.75 Å². The number of carbonyl (C=O) groups is 1. The third kappa shape index (κ3) is 5.58. The molecule has 0 fully saturated rings. The Kier molecular flexibility index (Phi) is 9.07. The fraction of sp³-hybridized carbons (Fsp3) is 0.348. The van der Waals surface area contributed by atoms with E-state index in [0.717, 1.165) is 10.2 Å². The van der Waals surface area contributed by atoms with Gasteiger partial charge < -0.3 is 24.7 Å². The van der Waals surface area contributed by atoms with Gasteiger partial charge in [-0.1, -0.05) is 5.21 Å². The van der Waals surface area contributed by atoms with Crippen LogP contribution in [0.5, 0.6) is 23.0 Å². The lowest BCUT2D eigenvalue weighted by atomic mass is 10.1. The van der Waals surface area contributed by atoms with Gasteiger partial charge >= 0.3 is 0 Å². The van der Waals surface area contributed by atoms with Crippen LogP contribution < -0.4 is 29.1 Å². The van der Waals surface area contributed by atoms with Crippen molar-refractivity contribution in [2.75, 3.05) is 44.9 Å².